The molecule has 2 atom stereocenters. The van der Waals surface area contributed by atoms with Crippen molar-refractivity contribution >= 4 is 11.9 Å². The Morgan fingerprint density at radius 2 is 1.96 bits per heavy atom. The van der Waals surface area contributed by atoms with Gasteiger partial charge in [0.2, 0.25) is 0 Å². The number of aryl methyl sites for hydroxylation is 1. The summed E-state index contributed by atoms with van der Waals surface area (Å²) in [7, 11) is 0. The SMILES string of the molecule is CCC(Oc1cccc(C)c1)C(=O)NC(CCOC(C)(C)C)C(=O)O. The summed E-state index contributed by atoms with van der Waals surface area (Å²) < 4.78 is 11.3. The van der Waals surface area contributed by atoms with E-state index in [-0.39, 0.29) is 18.6 Å². The molecule has 0 saturated heterocycles. The van der Waals surface area contributed by atoms with Gasteiger partial charge in [0.25, 0.3) is 5.91 Å². The average molecular weight is 351 g/mol. The minimum Gasteiger partial charge on any atom is -0.481 e. The maximum Gasteiger partial charge on any atom is 0.326 e. The summed E-state index contributed by atoms with van der Waals surface area (Å²) in [4.78, 5) is 23.8. The van der Waals surface area contributed by atoms with Gasteiger partial charge >= 0.3 is 5.97 Å². The molecule has 0 aliphatic heterocycles. The van der Waals surface area contributed by atoms with E-state index in [1.54, 1.807) is 6.07 Å². The number of amides is 1. The van der Waals surface area contributed by atoms with E-state index in [4.69, 9.17) is 9.47 Å². The second-order valence-corrected chi connectivity index (χ2v) is 6.98. The van der Waals surface area contributed by atoms with Crippen LogP contribution in [-0.2, 0) is 14.3 Å². The van der Waals surface area contributed by atoms with E-state index in [9.17, 15) is 14.7 Å². The van der Waals surface area contributed by atoms with Crippen molar-refractivity contribution in [3.05, 3.63) is 29.8 Å². The smallest absolute Gasteiger partial charge is 0.326 e. The first-order chi connectivity index (χ1) is 11.6. The van der Waals surface area contributed by atoms with Gasteiger partial charge in [-0.2, -0.15) is 0 Å². The van der Waals surface area contributed by atoms with Crippen molar-refractivity contribution in [2.24, 2.45) is 0 Å². The number of hydrogen-bond acceptors (Lipinski definition) is 4. The quantitative estimate of drug-likeness (QED) is 0.714. The summed E-state index contributed by atoms with van der Waals surface area (Å²) in [6.07, 6.45) is -0.115. The Morgan fingerprint density at radius 1 is 1.28 bits per heavy atom. The summed E-state index contributed by atoms with van der Waals surface area (Å²) in [5, 5.41) is 11.9. The number of carbonyl (C=O) groups is 2. The molecule has 0 aliphatic carbocycles. The van der Waals surface area contributed by atoms with Crippen LogP contribution in [-0.4, -0.2) is 41.3 Å². The van der Waals surface area contributed by atoms with E-state index in [0.29, 0.717) is 12.2 Å². The zero-order valence-electron chi connectivity index (χ0n) is 15.7. The predicted molar refractivity (Wildman–Crippen MR) is 95.8 cm³/mol. The van der Waals surface area contributed by atoms with Crippen LogP contribution in [0.15, 0.2) is 24.3 Å². The number of carboxylic acid groups (broad SMARTS) is 1. The summed E-state index contributed by atoms with van der Waals surface area (Å²) >= 11 is 0. The second-order valence-electron chi connectivity index (χ2n) is 6.98. The fourth-order valence-electron chi connectivity index (χ4n) is 2.18. The Hall–Kier alpha value is -2.08. The Labute approximate surface area is 149 Å². The molecule has 0 spiro atoms. The third-order valence-electron chi connectivity index (χ3n) is 3.49. The molecule has 25 heavy (non-hydrogen) atoms. The Bertz CT molecular complexity index is 579. The Morgan fingerprint density at radius 3 is 2.48 bits per heavy atom. The Kier molecular flexibility index (Phi) is 7.90. The standard InChI is InChI=1S/C19H29NO5/c1-6-16(25-14-9-7-8-13(2)12-14)17(21)20-15(18(22)23)10-11-24-19(3,4)5/h7-9,12,15-16H,6,10-11H2,1-5H3,(H,20,21)(H,22,23). The van der Waals surface area contributed by atoms with Gasteiger partial charge < -0.3 is 19.9 Å². The van der Waals surface area contributed by atoms with Crippen LogP contribution in [0.5, 0.6) is 5.75 Å². The lowest BCUT2D eigenvalue weighted by Crippen LogP contribution is -2.47. The van der Waals surface area contributed by atoms with E-state index in [0.717, 1.165) is 5.56 Å². The lowest BCUT2D eigenvalue weighted by atomic mass is 10.1. The van der Waals surface area contributed by atoms with Crippen molar-refractivity contribution < 1.29 is 24.2 Å². The van der Waals surface area contributed by atoms with Gasteiger partial charge in [0.05, 0.1) is 5.60 Å². The van der Waals surface area contributed by atoms with Gasteiger partial charge in [0.1, 0.15) is 11.8 Å². The summed E-state index contributed by atoms with van der Waals surface area (Å²) in [6.45, 7) is 9.68. The molecule has 0 saturated carbocycles. The highest BCUT2D eigenvalue weighted by atomic mass is 16.5. The van der Waals surface area contributed by atoms with Crippen LogP contribution in [0.2, 0.25) is 0 Å². The van der Waals surface area contributed by atoms with Gasteiger partial charge in [-0.05, 0) is 51.8 Å². The summed E-state index contributed by atoms with van der Waals surface area (Å²) in [5.74, 6) is -0.937. The number of ether oxygens (including phenoxy) is 2. The molecule has 1 aromatic rings. The van der Waals surface area contributed by atoms with E-state index >= 15 is 0 Å². The molecule has 0 radical (unpaired) electrons. The average Bonchev–Trinajstić information content (AvgIpc) is 2.50. The third kappa shape index (κ3) is 8.03. The minimum atomic E-state index is -1.09. The molecule has 1 aromatic carbocycles. The highest BCUT2D eigenvalue weighted by molar-refractivity contribution is 5.86. The first-order valence-corrected chi connectivity index (χ1v) is 8.53. The predicted octanol–water partition coefficient (Wildman–Crippen LogP) is 2.93. The number of hydrogen-bond donors (Lipinski definition) is 2. The van der Waals surface area contributed by atoms with Crippen LogP contribution in [0, 0.1) is 6.92 Å². The molecular formula is C19H29NO5. The highest BCUT2D eigenvalue weighted by Crippen LogP contribution is 2.16. The normalized spacial score (nSPS) is 13.8. The third-order valence-corrected chi connectivity index (χ3v) is 3.49. The van der Waals surface area contributed by atoms with E-state index < -0.39 is 24.0 Å². The van der Waals surface area contributed by atoms with E-state index in [1.807, 2.05) is 52.8 Å². The van der Waals surface area contributed by atoms with Gasteiger partial charge in [-0.1, -0.05) is 19.1 Å². The highest BCUT2D eigenvalue weighted by Gasteiger charge is 2.26. The van der Waals surface area contributed by atoms with Crippen LogP contribution in [0.25, 0.3) is 0 Å². The molecule has 0 heterocycles. The molecule has 6 heteroatoms. The first-order valence-electron chi connectivity index (χ1n) is 8.53. The molecule has 0 bridgehead atoms. The zero-order chi connectivity index (χ0) is 19.0. The van der Waals surface area contributed by atoms with Crippen molar-refractivity contribution in [1.29, 1.82) is 0 Å². The van der Waals surface area contributed by atoms with Gasteiger partial charge in [-0.3, -0.25) is 4.79 Å². The van der Waals surface area contributed by atoms with E-state index in [1.165, 1.54) is 0 Å². The van der Waals surface area contributed by atoms with Gasteiger partial charge in [0.15, 0.2) is 6.10 Å². The number of benzene rings is 1. The van der Waals surface area contributed by atoms with Crippen molar-refractivity contribution in [3.63, 3.8) is 0 Å². The molecule has 0 fully saturated rings. The number of nitrogens with one attached hydrogen (secondary N) is 1. The molecule has 0 aromatic heterocycles. The zero-order valence-corrected chi connectivity index (χ0v) is 15.7. The molecule has 2 N–H and O–H groups in total. The number of carboxylic acids is 1. The summed E-state index contributed by atoms with van der Waals surface area (Å²) in [5.41, 5.74) is 0.670. The maximum atomic E-state index is 12.4. The van der Waals surface area contributed by atoms with Crippen molar-refractivity contribution in [1.82, 2.24) is 5.32 Å². The van der Waals surface area contributed by atoms with E-state index in [2.05, 4.69) is 5.32 Å². The lowest BCUT2D eigenvalue weighted by molar-refractivity contribution is -0.144. The van der Waals surface area contributed by atoms with Crippen LogP contribution in [0.1, 0.15) is 46.1 Å². The second kappa shape index (κ2) is 9.42. The fraction of sp³-hybridized carbons (Fsp3) is 0.579. The largest absolute Gasteiger partial charge is 0.481 e. The monoisotopic (exact) mass is 351 g/mol. The fourth-order valence-corrected chi connectivity index (χ4v) is 2.18. The maximum absolute atomic E-state index is 12.4. The number of carbonyl (C=O) groups excluding carboxylic acids is 1. The molecule has 1 rings (SSSR count). The van der Waals surface area contributed by atoms with Gasteiger partial charge in [0, 0.05) is 13.0 Å². The molecule has 1 amide bonds. The minimum absolute atomic E-state index is 0.194. The van der Waals surface area contributed by atoms with Crippen molar-refractivity contribution in [2.45, 2.75) is 65.2 Å². The molecule has 2 unspecified atom stereocenters. The topological polar surface area (TPSA) is 84.9 Å². The lowest BCUT2D eigenvalue weighted by Gasteiger charge is -2.23. The van der Waals surface area contributed by atoms with Crippen LogP contribution < -0.4 is 10.1 Å². The number of aliphatic carboxylic acids is 1. The number of rotatable bonds is 9. The summed E-state index contributed by atoms with van der Waals surface area (Å²) in [6, 6.07) is 6.38. The van der Waals surface area contributed by atoms with Crippen LogP contribution >= 0.6 is 0 Å². The first kappa shape index (κ1) is 21.0. The molecule has 6 nitrogen and oxygen atoms in total. The van der Waals surface area contributed by atoms with Crippen molar-refractivity contribution in [3.8, 4) is 5.75 Å². The van der Waals surface area contributed by atoms with Crippen LogP contribution in [0.4, 0.5) is 0 Å². The molecule has 140 valence electrons. The molecule has 0 aliphatic rings. The van der Waals surface area contributed by atoms with Gasteiger partial charge in [-0.15, -0.1) is 0 Å². The molecular weight excluding hydrogens is 322 g/mol. The van der Waals surface area contributed by atoms with Gasteiger partial charge in [-0.25, -0.2) is 4.79 Å². The Balaban J connectivity index is 2.65. The van der Waals surface area contributed by atoms with Crippen molar-refractivity contribution in [2.75, 3.05) is 6.61 Å². The van der Waals surface area contributed by atoms with Crippen LogP contribution in [0.3, 0.4) is 0 Å².